The van der Waals surface area contributed by atoms with E-state index < -0.39 is 0 Å². The van der Waals surface area contributed by atoms with Gasteiger partial charge in [0.2, 0.25) is 5.91 Å². The van der Waals surface area contributed by atoms with Gasteiger partial charge in [0.1, 0.15) is 17.7 Å². The van der Waals surface area contributed by atoms with Crippen LogP contribution in [-0.2, 0) is 4.79 Å². The van der Waals surface area contributed by atoms with E-state index in [0.717, 1.165) is 12.8 Å². The molecule has 130 valence electrons. The Morgan fingerprint density at radius 3 is 2.83 bits per heavy atom. The van der Waals surface area contributed by atoms with Crippen molar-refractivity contribution in [3.05, 3.63) is 29.8 Å². The smallest absolute Gasteiger partial charge is 0.237 e. The van der Waals surface area contributed by atoms with Gasteiger partial charge in [0.15, 0.2) is 0 Å². The lowest BCUT2D eigenvalue weighted by Gasteiger charge is -2.24. The summed E-state index contributed by atoms with van der Waals surface area (Å²) in [4.78, 5) is 12.4. The van der Waals surface area contributed by atoms with Crippen molar-refractivity contribution >= 4 is 11.7 Å². The highest BCUT2D eigenvalue weighted by atomic mass is 16.5. The number of nitrogens with one attached hydrogen (secondary N) is 3. The number of hydrogen-bond donors (Lipinski definition) is 4. The molecule has 6 heteroatoms. The highest BCUT2D eigenvalue weighted by molar-refractivity contribution is 5.95. The maximum atomic E-state index is 12.4. The van der Waals surface area contributed by atoms with Gasteiger partial charge in [-0.25, -0.2) is 0 Å². The Hall–Kier alpha value is -2.08. The molecule has 2 aliphatic rings. The number of amides is 1. The van der Waals surface area contributed by atoms with Crippen LogP contribution < -0.4 is 21.1 Å². The molecule has 0 aromatic heterocycles. The van der Waals surface area contributed by atoms with Gasteiger partial charge in [-0.15, -0.1) is 0 Å². The molecule has 5 N–H and O–H groups in total. The van der Waals surface area contributed by atoms with E-state index in [4.69, 9.17) is 15.9 Å². The molecule has 0 spiro atoms. The molecule has 1 aliphatic heterocycles. The predicted molar refractivity (Wildman–Crippen MR) is 93.3 cm³/mol. The van der Waals surface area contributed by atoms with Crippen LogP contribution in [0.4, 0.5) is 0 Å². The van der Waals surface area contributed by atoms with Gasteiger partial charge in [-0.1, -0.05) is 31.4 Å². The van der Waals surface area contributed by atoms with Gasteiger partial charge in [0.05, 0.1) is 6.04 Å². The largest absolute Gasteiger partial charge is 0.489 e. The second kappa shape index (κ2) is 7.66. The molecule has 1 saturated carbocycles. The third-order valence-corrected chi connectivity index (χ3v) is 4.81. The number of rotatable bonds is 5. The van der Waals surface area contributed by atoms with Gasteiger partial charge in [-0.3, -0.25) is 10.2 Å². The van der Waals surface area contributed by atoms with Crippen molar-refractivity contribution in [2.75, 3.05) is 6.54 Å². The van der Waals surface area contributed by atoms with Crippen LogP contribution in [-0.4, -0.2) is 36.5 Å². The lowest BCUT2D eigenvalue weighted by atomic mass is 9.95. The van der Waals surface area contributed by atoms with Crippen molar-refractivity contribution in [1.82, 2.24) is 10.6 Å². The first-order chi connectivity index (χ1) is 11.6. The minimum atomic E-state index is -0.187. The average Bonchev–Trinajstić information content (AvgIpc) is 3.04. The first-order valence-corrected chi connectivity index (χ1v) is 8.76. The molecular weight excluding hydrogens is 304 g/mol. The second-order valence-corrected chi connectivity index (χ2v) is 6.72. The molecule has 2 atom stereocenters. The van der Waals surface area contributed by atoms with Gasteiger partial charge in [0, 0.05) is 24.6 Å². The standard InChI is InChI=1S/C18H26N4O2/c19-17(20)12-5-4-8-14(9-12)24-15-10-16(21-11-15)18(23)22-13-6-2-1-3-7-13/h4-5,8-9,13,15-16,21H,1-3,6-7,10-11H2,(H3,19,20)(H,22,23)/t15-,16+/m1/s1. The monoisotopic (exact) mass is 330 g/mol. The topological polar surface area (TPSA) is 100 Å². The summed E-state index contributed by atoms with van der Waals surface area (Å²) in [5, 5.41) is 13.9. The summed E-state index contributed by atoms with van der Waals surface area (Å²) in [6.07, 6.45) is 6.50. The second-order valence-electron chi connectivity index (χ2n) is 6.72. The predicted octanol–water partition coefficient (Wildman–Crippen LogP) is 1.53. The first kappa shape index (κ1) is 16.8. The van der Waals surface area contributed by atoms with Crippen LogP contribution in [0.2, 0.25) is 0 Å². The maximum absolute atomic E-state index is 12.4. The number of nitrogen functional groups attached to an aromatic ring is 1. The first-order valence-electron chi connectivity index (χ1n) is 8.76. The van der Waals surface area contributed by atoms with E-state index in [-0.39, 0.29) is 23.9 Å². The summed E-state index contributed by atoms with van der Waals surface area (Å²) >= 11 is 0. The van der Waals surface area contributed by atoms with Crippen LogP contribution in [0, 0.1) is 5.41 Å². The van der Waals surface area contributed by atoms with Crippen molar-refractivity contribution in [3.63, 3.8) is 0 Å². The maximum Gasteiger partial charge on any atom is 0.237 e. The third kappa shape index (κ3) is 4.26. The van der Waals surface area contributed by atoms with Gasteiger partial charge in [-0.2, -0.15) is 0 Å². The SMILES string of the molecule is N=C(N)c1cccc(O[C@H]2CN[C@H](C(=O)NC3CCCCC3)C2)c1. The number of carbonyl (C=O) groups excluding carboxylic acids is 1. The lowest BCUT2D eigenvalue weighted by Crippen LogP contribution is -2.45. The molecule has 1 saturated heterocycles. The summed E-state index contributed by atoms with van der Waals surface area (Å²) < 4.78 is 5.94. The van der Waals surface area contributed by atoms with Crippen molar-refractivity contribution in [3.8, 4) is 5.75 Å². The minimum Gasteiger partial charge on any atom is -0.489 e. The van der Waals surface area contributed by atoms with Crippen LogP contribution in [0.1, 0.15) is 44.1 Å². The lowest BCUT2D eigenvalue weighted by molar-refractivity contribution is -0.123. The Balaban J connectivity index is 1.50. The molecule has 24 heavy (non-hydrogen) atoms. The number of nitrogens with two attached hydrogens (primary N) is 1. The van der Waals surface area contributed by atoms with Crippen LogP contribution in [0.25, 0.3) is 0 Å². The summed E-state index contributed by atoms with van der Waals surface area (Å²) in [7, 11) is 0. The number of benzene rings is 1. The zero-order valence-electron chi connectivity index (χ0n) is 13.9. The van der Waals surface area contributed by atoms with Crippen molar-refractivity contribution < 1.29 is 9.53 Å². The van der Waals surface area contributed by atoms with Crippen molar-refractivity contribution in [2.24, 2.45) is 5.73 Å². The van der Waals surface area contributed by atoms with E-state index in [9.17, 15) is 4.79 Å². The molecule has 3 rings (SSSR count). The molecule has 1 aromatic carbocycles. The van der Waals surface area contributed by atoms with E-state index in [1.165, 1.54) is 19.3 Å². The van der Waals surface area contributed by atoms with E-state index in [2.05, 4.69) is 10.6 Å². The summed E-state index contributed by atoms with van der Waals surface area (Å²) in [6, 6.07) is 7.36. The summed E-state index contributed by atoms with van der Waals surface area (Å²) in [5.74, 6) is 0.794. The third-order valence-electron chi connectivity index (χ3n) is 4.81. The highest BCUT2D eigenvalue weighted by Crippen LogP contribution is 2.20. The van der Waals surface area contributed by atoms with Crippen molar-refractivity contribution in [2.45, 2.75) is 56.7 Å². The molecule has 0 radical (unpaired) electrons. The van der Waals surface area contributed by atoms with Gasteiger partial charge in [-0.05, 0) is 25.0 Å². The van der Waals surface area contributed by atoms with E-state index in [1.807, 2.05) is 12.1 Å². The van der Waals surface area contributed by atoms with Gasteiger partial charge in [0.25, 0.3) is 0 Å². The zero-order valence-corrected chi connectivity index (χ0v) is 13.9. The number of amidine groups is 1. The Morgan fingerprint density at radius 2 is 2.08 bits per heavy atom. The normalized spacial score (nSPS) is 24.5. The van der Waals surface area contributed by atoms with E-state index in [0.29, 0.717) is 30.3 Å². The van der Waals surface area contributed by atoms with Crippen LogP contribution >= 0.6 is 0 Å². The number of ether oxygens (including phenoxy) is 1. The Bertz CT molecular complexity index is 598. The van der Waals surface area contributed by atoms with Crippen LogP contribution in [0.15, 0.2) is 24.3 Å². The van der Waals surface area contributed by atoms with E-state index in [1.54, 1.807) is 12.1 Å². The van der Waals surface area contributed by atoms with E-state index >= 15 is 0 Å². The molecule has 1 aliphatic carbocycles. The number of carbonyl (C=O) groups is 1. The Labute approximate surface area is 142 Å². The molecule has 2 fully saturated rings. The molecule has 6 nitrogen and oxygen atoms in total. The molecule has 0 unspecified atom stereocenters. The highest BCUT2D eigenvalue weighted by Gasteiger charge is 2.31. The molecule has 0 bridgehead atoms. The summed E-state index contributed by atoms with van der Waals surface area (Å²) in [5.41, 5.74) is 6.15. The molecule has 1 heterocycles. The number of hydrogen-bond acceptors (Lipinski definition) is 4. The van der Waals surface area contributed by atoms with Crippen molar-refractivity contribution in [1.29, 1.82) is 5.41 Å². The van der Waals surface area contributed by atoms with Crippen LogP contribution in [0.3, 0.4) is 0 Å². The summed E-state index contributed by atoms with van der Waals surface area (Å²) in [6.45, 7) is 0.646. The fourth-order valence-corrected chi connectivity index (χ4v) is 3.47. The fraction of sp³-hybridized carbons (Fsp3) is 0.556. The fourth-order valence-electron chi connectivity index (χ4n) is 3.47. The quantitative estimate of drug-likeness (QED) is 0.486. The Morgan fingerprint density at radius 1 is 1.29 bits per heavy atom. The average molecular weight is 330 g/mol. The molecule has 1 amide bonds. The Kier molecular flexibility index (Phi) is 5.35. The van der Waals surface area contributed by atoms with Gasteiger partial charge >= 0.3 is 0 Å². The minimum absolute atomic E-state index is 0.0229. The van der Waals surface area contributed by atoms with Crippen LogP contribution in [0.5, 0.6) is 5.75 Å². The molecular formula is C18H26N4O2. The van der Waals surface area contributed by atoms with Gasteiger partial charge < -0.3 is 21.1 Å². The zero-order chi connectivity index (χ0) is 16.9. The molecule has 1 aromatic rings.